The van der Waals surface area contributed by atoms with Crippen LogP contribution in [0.3, 0.4) is 0 Å². The molecule has 2 aliphatic heterocycles. The smallest absolute Gasteiger partial charge is 0.332 e. The predicted molar refractivity (Wildman–Crippen MR) is 172 cm³/mol. The lowest BCUT2D eigenvalue weighted by Crippen LogP contribution is -2.42. The van der Waals surface area contributed by atoms with Crippen LogP contribution in [0.4, 0.5) is 0 Å². The highest BCUT2D eigenvalue weighted by Crippen LogP contribution is 2.37. The molecule has 0 saturated carbocycles. The van der Waals surface area contributed by atoms with Gasteiger partial charge >= 0.3 is 11.9 Å². The van der Waals surface area contributed by atoms with Gasteiger partial charge in [-0.05, 0) is 12.1 Å². The van der Waals surface area contributed by atoms with Gasteiger partial charge in [-0.15, -0.1) is 70.6 Å². The van der Waals surface area contributed by atoms with Crippen molar-refractivity contribution < 1.29 is 38.0 Å². The van der Waals surface area contributed by atoms with E-state index < -0.39 is 23.8 Å². The van der Waals surface area contributed by atoms with Gasteiger partial charge in [0, 0.05) is 45.5 Å². The number of rotatable bonds is 17. The highest BCUT2D eigenvalue weighted by molar-refractivity contribution is 8.33. The zero-order valence-electron chi connectivity index (χ0n) is 22.2. The molecular weight excluding hydrogens is 633 g/mol. The van der Waals surface area contributed by atoms with Crippen LogP contribution >= 0.6 is 70.6 Å². The maximum atomic E-state index is 12.0. The first kappa shape index (κ1) is 33.8. The molecule has 0 aromatic heterocycles. The second-order valence-corrected chi connectivity index (χ2v) is 17.1. The SMILES string of the molecule is C=CC(=O)OC(COCC1SCSCS1)COc1cccc(OCC(C)(OCC2SCSCS2)OC(=O)C=C)c1. The van der Waals surface area contributed by atoms with E-state index in [-0.39, 0.29) is 24.4 Å². The van der Waals surface area contributed by atoms with Gasteiger partial charge in [0.1, 0.15) is 18.1 Å². The minimum Gasteiger partial charge on any atom is -0.489 e. The molecule has 8 nitrogen and oxygen atoms in total. The Labute approximate surface area is 261 Å². The molecule has 0 bridgehead atoms. The van der Waals surface area contributed by atoms with Gasteiger partial charge in [-0.2, -0.15) is 0 Å². The van der Waals surface area contributed by atoms with Crippen LogP contribution in [-0.4, -0.2) is 86.4 Å². The molecular formula is C26H34O8S6. The third-order valence-corrected chi connectivity index (χ3v) is 13.6. The van der Waals surface area contributed by atoms with Gasteiger partial charge < -0.3 is 28.4 Å². The number of hydrogen-bond acceptors (Lipinski definition) is 14. The number of carbonyl (C=O) groups excluding carboxylic acids is 2. The van der Waals surface area contributed by atoms with Gasteiger partial charge in [-0.1, -0.05) is 19.2 Å². The number of esters is 2. The molecule has 222 valence electrons. The van der Waals surface area contributed by atoms with Crippen LogP contribution in [0, 0.1) is 0 Å². The molecule has 0 amide bonds. The van der Waals surface area contributed by atoms with Crippen LogP contribution < -0.4 is 9.47 Å². The molecule has 40 heavy (non-hydrogen) atoms. The Balaban J connectivity index is 1.53. The fourth-order valence-corrected chi connectivity index (χ4v) is 12.4. The summed E-state index contributed by atoms with van der Waals surface area (Å²) in [7, 11) is 0. The van der Waals surface area contributed by atoms with Crippen molar-refractivity contribution in [1.82, 2.24) is 0 Å². The fraction of sp³-hybridized carbons (Fsp3) is 0.538. The Hall–Kier alpha value is -0.740. The molecule has 2 unspecified atom stereocenters. The number of carbonyl (C=O) groups is 2. The normalized spacial score (nSPS) is 18.6. The Kier molecular flexibility index (Phi) is 15.8. The maximum absolute atomic E-state index is 12.0. The molecule has 3 rings (SSSR count). The summed E-state index contributed by atoms with van der Waals surface area (Å²) in [4.78, 5) is 23.8. The standard InChI is InChI=1S/C26H34O8S6/c1-4-22(27)33-21(10-29-12-24-37-15-35-16-38-24)11-30-19-7-6-8-20(9-19)31-14-26(3,34-23(28)5-2)32-13-25-39-17-36-18-40-25/h4-9,21,24-25H,1-2,10-18H2,3H3. The molecule has 2 fully saturated rings. The number of ether oxygens (including phenoxy) is 6. The molecule has 0 aliphatic carbocycles. The molecule has 2 heterocycles. The highest BCUT2D eigenvalue weighted by atomic mass is 32.3. The van der Waals surface area contributed by atoms with Crippen molar-refractivity contribution in [3.63, 3.8) is 0 Å². The maximum Gasteiger partial charge on any atom is 0.332 e. The lowest BCUT2D eigenvalue weighted by Gasteiger charge is -2.31. The zero-order valence-corrected chi connectivity index (χ0v) is 27.1. The Bertz CT molecular complexity index is 957. The van der Waals surface area contributed by atoms with Gasteiger partial charge in [-0.3, -0.25) is 0 Å². The first-order valence-electron chi connectivity index (χ1n) is 12.3. The molecule has 2 saturated heterocycles. The summed E-state index contributed by atoms with van der Waals surface area (Å²) in [5.41, 5.74) is 0. The second-order valence-electron chi connectivity index (χ2n) is 8.35. The summed E-state index contributed by atoms with van der Waals surface area (Å²) in [5.74, 6) is -1.41. The third kappa shape index (κ3) is 13.1. The predicted octanol–water partition coefficient (Wildman–Crippen LogP) is 5.93. The summed E-state index contributed by atoms with van der Waals surface area (Å²) in [5, 5.41) is 4.12. The molecule has 0 radical (unpaired) electrons. The van der Waals surface area contributed by atoms with Gasteiger partial charge in [0.2, 0.25) is 5.79 Å². The molecule has 0 spiro atoms. The van der Waals surface area contributed by atoms with Crippen molar-refractivity contribution in [3.05, 3.63) is 49.6 Å². The average Bonchev–Trinajstić information content (AvgIpc) is 2.99. The first-order chi connectivity index (χ1) is 19.4. The second kappa shape index (κ2) is 18.7. The van der Waals surface area contributed by atoms with Crippen molar-refractivity contribution in [3.8, 4) is 11.5 Å². The van der Waals surface area contributed by atoms with E-state index in [9.17, 15) is 9.59 Å². The average molecular weight is 667 g/mol. The van der Waals surface area contributed by atoms with Gasteiger partial charge in [0.25, 0.3) is 0 Å². The Morgan fingerprint density at radius 1 is 0.925 bits per heavy atom. The summed E-state index contributed by atoms with van der Waals surface area (Å²) < 4.78 is 35.3. The minimum absolute atomic E-state index is 0.0318. The molecule has 2 aliphatic rings. The number of thioether (sulfide) groups is 6. The summed E-state index contributed by atoms with van der Waals surface area (Å²) in [6, 6.07) is 7.03. The highest BCUT2D eigenvalue weighted by Gasteiger charge is 2.32. The lowest BCUT2D eigenvalue weighted by molar-refractivity contribution is -0.228. The molecule has 1 aromatic rings. The largest absolute Gasteiger partial charge is 0.489 e. The van der Waals surface area contributed by atoms with Crippen LogP contribution in [0.5, 0.6) is 11.5 Å². The number of hydrogen-bond donors (Lipinski definition) is 0. The quantitative estimate of drug-likeness (QED) is 0.112. The lowest BCUT2D eigenvalue weighted by atomic mass is 10.3. The van der Waals surface area contributed by atoms with E-state index in [0.717, 1.165) is 32.5 Å². The van der Waals surface area contributed by atoms with E-state index in [1.54, 1.807) is 54.7 Å². The summed E-state index contributed by atoms with van der Waals surface area (Å²) >= 11 is 11.1. The van der Waals surface area contributed by atoms with Crippen molar-refractivity contribution in [2.75, 3.05) is 53.4 Å². The van der Waals surface area contributed by atoms with Gasteiger partial charge in [0.15, 0.2) is 12.7 Å². The fourth-order valence-electron chi connectivity index (χ4n) is 3.13. The topological polar surface area (TPSA) is 89.5 Å². The number of benzene rings is 1. The monoisotopic (exact) mass is 666 g/mol. The van der Waals surface area contributed by atoms with Crippen LogP contribution in [0.1, 0.15) is 6.92 Å². The van der Waals surface area contributed by atoms with Crippen LogP contribution in [-0.2, 0) is 28.5 Å². The van der Waals surface area contributed by atoms with Crippen molar-refractivity contribution >= 4 is 82.5 Å². The molecule has 0 N–H and O–H groups in total. The van der Waals surface area contributed by atoms with Crippen LogP contribution in [0.15, 0.2) is 49.6 Å². The molecule has 2 atom stereocenters. The van der Waals surface area contributed by atoms with E-state index in [2.05, 4.69) is 13.2 Å². The molecule has 14 heteroatoms. The minimum atomic E-state index is -1.30. The van der Waals surface area contributed by atoms with E-state index in [1.165, 1.54) is 0 Å². The Morgan fingerprint density at radius 2 is 1.52 bits per heavy atom. The van der Waals surface area contributed by atoms with E-state index in [1.807, 2.05) is 47.0 Å². The van der Waals surface area contributed by atoms with Crippen molar-refractivity contribution in [2.45, 2.75) is 28.0 Å². The van der Waals surface area contributed by atoms with E-state index in [4.69, 9.17) is 28.4 Å². The van der Waals surface area contributed by atoms with Crippen molar-refractivity contribution in [1.29, 1.82) is 0 Å². The van der Waals surface area contributed by atoms with Crippen LogP contribution in [0.25, 0.3) is 0 Å². The van der Waals surface area contributed by atoms with Gasteiger partial charge in [-0.25, -0.2) is 9.59 Å². The Morgan fingerprint density at radius 3 is 2.15 bits per heavy atom. The van der Waals surface area contributed by atoms with E-state index >= 15 is 0 Å². The third-order valence-electron chi connectivity index (χ3n) is 5.11. The van der Waals surface area contributed by atoms with Gasteiger partial charge in [0.05, 0.1) is 29.0 Å². The van der Waals surface area contributed by atoms with Crippen LogP contribution in [0.2, 0.25) is 0 Å². The summed E-state index contributed by atoms with van der Waals surface area (Å²) in [6.07, 6.45) is 1.61. The van der Waals surface area contributed by atoms with Crippen molar-refractivity contribution in [2.24, 2.45) is 0 Å². The molecule has 1 aromatic carbocycles. The van der Waals surface area contributed by atoms with E-state index in [0.29, 0.717) is 29.3 Å². The summed E-state index contributed by atoms with van der Waals surface area (Å²) in [6.45, 7) is 9.86. The first-order valence-corrected chi connectivity index (χ1v) is 18.8. The zero-order chi connectivity index (χ0) is 28.6.